The first-order chi connectivity index (χ1) is 34.8. The number of halogens is 1. The van der Waals surface area contributed by atoms with Crippen LogP contribution in [0.1, 0.15) is 142 Å². The standard InChI is InChI=1S/C26H29N7O3.C23H27N7O2.C3H3ClO/c1-4-21(34)32-13-5-6-19(32)25-31-22(23(24(27)35)33(25)28)16-7-9-17(10-8-16)26(36)30-20-14-18(15(2)3)11-12-29-20;1-13(2)16-9-11-27-18(12-16)28-23(32)15-7-5-14(6-8-15)19-20(21(24)31)30(25)22(29-19)17-4-3-10-26-17;1-2-3(4)5/h4,7-12,14-15,19H,1,5-6,13,28H2,2-3H3,(H2,27,35)(H,29,30,36);5-9,11-13,17,26H,3-4,10,25H2,1-2H3,(H2,24,31)(H,27,28,32);2H,1H2/t19-;17-;/m00./s1. The maximum absolute atomic E-state index is 12.8. The third-order valence-corrected chi connectivity index (χ3v) is 12.3. The number of carbonyl (C=O) groups is 6. The molecule has 0 bridgehead atoms. The third-order valence-electron chi connectivity index (χ3n) is 12.1. The van der Waals surface area contributed by atoms with E-state index in [9.17, 15) is 28.8 Å². The van der Waals surface area contributed by atoms with Gasteiger partial charge in [0.25, 0.3) is 23.6 Å². The zero-order valence-electron chi connectivity index (χ0n) is 41.0. The molecule has 380 valence electrons. The highest BCUT2D eigenvalue weighted by Gasteiger charge is 2.35. The number of anilines is 2. The van der Waals surface area contributed by atoms with Gasteiger partial charge in [-0.05, 0) is 127 Å². The number of rotatable bonds is 14. The number of nitrogens with two attached hydrogens (primary N) is 4. The quantitative estimate of drug-likeness (QED) is 0.0350. The van der Waals surface area contributed by atoms with Gasteiger partial charge in [-0.15, -0.1) is 0 Å². The molecular weight excluding hydrogens is 952 g/mol. The van der Waals surface area contributed by atoms with Gasteiger partial charge in [-0.2, -0.15) is 0 Å². The second kappa shape index (κ2) is 24.1. The van der Waals surface area contributed by atoms with Gasteiger partial charge >= 0.3 is 0 Å². The van der Waals surface area contributed by atoms with Crippen LogP contribution in [0.15, 0.2) is 111 Å². The van der Waals surface area contributed by atoms with E-state index < -0.39 is 23.1 Å². The first-order valence-electron chi connectivity index (χ1n) is 23.4. The average Bonchev–Trinajstić information content (AvgIpc) is 4.21. The Morgan fingerprint density at radius 2 is 1.14 bits per heavy atom. The van der Waals surface area contributed by atoms with Gasteiger partial charge in [0.15, 0.2) is 17.2 Å². The van der Waals surface area contributed by atoms with Crippen molar-refractivity contribution in [2.45, 2.75) is 77.3 Å². The summed E-state index contributed by atoms with van der Waals surface area (Å²) in [6.07, 6.45) is 8.95. The summed E-state index contributed by atoms with van der Waals surface area (Å²) in [5, 5.41) is 8.44. The first-order valence-corrected chi connectivity index (χ1v) is 23.8. The van der Waals surface area contributed by atoms with Crippen LogP contribution in [0.25, 0.3) is 22.5 Å². The van der Waals surface area contributed by atoms with Crippen molar-refractivity contribution in [1.82, 2.24) is 39.5 Å². The van der Waals surface area contributed by atoms with Crippen molar-refractivity contribution in [2.24, 2.45) is 11.5 Å². The summed E-state index contributed by atoms with van der Waals surface area (Å²) in [5.41, 5.74) is 16.3. The smallest absolute Gasteiger partial charge is 0.269 e. The Morgan fingerprint density at radius 1 is 0.685 bits per heavy atom. The third kappa shape index (κ3) is 12.9. The fourth-order valence-corrected chi connectivity index (χ4v) is 8.26. The number of allylic oxidation sites excluding steroid dienone is 1. The zero-order chi connectivity index (χ0) is 53.1. The van der Waals surface area contributed by atoms with Gasteiger partial charge in [0, 0.05) is 41.2 Å². The lowest BCUT2D eigenvalue weighted by molar-refractivity contribution is -0.127. The molecule has 20 nitrogen and oxygen atoms in total. The number of nitrogens with one attached hydrogen (secondary N) is 3. The summed E-state index contributed by atoms with van der Waals surface area (Å²) in [6.45, 7) is 16.3. The molecule has 0 aliphatic carbocycles. The zero-order valence-corrected chi connectivity index (χ0v) is 41.7. The number of nitrogens with zero attached hydrogens (tertiary/aromatic N) is 7. The lowest BCUT2D eigenvalue weighted by atomic mass is 10.0. The van der Waals surface area contributed by atoms with Crippen molar-refractivity contribution >= 4 is 58.0 Å². The Kier molecular flexibility index (Phi) is 17.8. The fraction of sp³-hybridized carbons (Fsp3) is 0.269. The van der Waals surface area contributed by atoms with Gasteiger partial charge < -0.3 is 44.0 Å². The number of primary amides is 2. The summed E-state index contributed by atoms with van der Waals surface area (Å²) in [5.74, 6) is 12.7. The molecule has 0 radical (unpaired) electrons. The van der Waals surface area contributed by atoms with Crippen molar-refractivity contribution in [2.75, 3.05) is 35.4 Å². The van der Waals surface area contributed by atoms with Crippen LogP contribution < -0.4 is 39.1 Å². The molecule has 4 aromatic heterocycles. The lowest BCUT2D eigenvalue weighted by Gasteiger charge is -2.22. The Balaban J connectivity index is 0.000000219. The van der Waals surface area contributed by atoms with Crippen molar-refractivity contribution < 1.29 is 28.8 Å². The van der Waals surface area contributed by atoms with Gasteiger partial charge in [-0.1, -0.05) is 65.1 Å². The number of hydrogen-bond donors (Lipinski definition) is 7. The number of benzene rings is 2. The second-order valence-corrected chi connectivity index (χ2v) is 18.0. The molecule has 2 saturated heterocycles. The number of imidazole rings is 2. The molecule has 0 spiro atoms. The van der Waals surface area contributed by atoms with E-state index >= 15 is 0 Å². The Morgan fingerprint density at radius 3 is 1.53 bits per heavy atom. The molecule has 2 fully saturated rings. The van der Waals surface area contributed by atoms with E-state index in [4.69, 9.17) is 34.8 Å². The molecule has 21 heteroatoms. The van der Waals surface area contributed by atoms with E-state index in [1.54, 1.807) is 65.8 Å². The fourth-order valence-electron chi connectivity index (χ4n) is 8.26. The number of likely N-dealkylation sites (tertiary alicyclic amines) is 1. The first kappa shape index (κ1) is 53.9. The van der Waals surface area contributed by atoms with Crippen LogP contribution in [0.2, 0.25) is 0 Å². The minimum absolute atomic E-state index is 0.0222. The van der Waals surface area contributed by atoms with Gasteiger partial charge in [0.1, 0.15) is 28.8 Å². The topological polar surface area (TPSA) is 307 Å². The molecule has 5 amide bonds. The number of nitrogen functional groups attached to an aromatic ring is 2. The maximum Gasteiger partial charge on any atom is 0.269 e. The minimum Gasteiger partial charge on any atom is -0.364 e. The van der Waals surface area contributed by atoms with Crippen molar-refractivity contribution in [3.63, 3.8) is 0 Å². The molecule has 2 atom stereocenters. The molecule has 2 aliphatic heterocycles. The predicted molar refractivity (Wildman–Crippen MR) is 280 cm³/mol. The Bertz CT molecular complexity index is 3030. The van der Waals surface area contributed by atoms with Crippen LogP contribution in [-0.2, 0) is 9.59 Å². The van der Waals surface area contributed by atoms with E-state index in [-0.39, 0.29) is 40.8 Å². The molecule has 0 saturated carbocycles. The highest BCUT2D eigenvalue weighted by Crippen LogP contribution is 2.35. The van der Waals surface area contributed by atoms with Crippen LogP contribution in [0, 0.1) is 0 Å². The van der Waals surface area contributed by atoms with E-state index in [0.29, 0.717) is 76.0 Å². The van der Waals surface area contributed by atoms with Crippen LogP contribution in [0.3, 0.4) is 0 Å². The summed E-state index contributed by atoms with van der Waals surface area (Å²) in [6, 6.07) is 20.5. The van der Waals surface area contributed by atoms with Gasteiger partial charge in [0.05, 0.1) is 12.1 Å². The van der Waals surface area contributed by atoms with Crippen LogP contribution >= 0.6 is 11.6 Å². The molecule has 8 rings (SSSR count). The monoisotopic (exact) mass is 1010 g/mol. The maximum atomic E-state index is 12.8. The normalized spacial score (nSPS) is 14.9. The summed E-state index contributed by atoms with van der Waals surface area (Å²) >= 11 is 4.71. The van der Waals surface area contributed by atoms with Crippen molar-refractivity contribution in [3.8, 4) is 22.5 Å². The molecule has 2 aliphatic rings. The van der Waals surface area contributed by atoms with E-state index in [0.717, 1.165) is 47.7 Å². The number of amides is 5. The number of carbonyl (C=O) groups excluding carboxylic acids is 6. The SMILES string of the molecule is C=CC(=O)Cl.C=CC(=O)N1CCC[C@H]1c1nc(-c2ccc(C(=O)Nc3cc(C(C)C)ccn3)cc2)c(C(N)=O)n1N.CC(C)c1ccnc(NC(=O)c2ccc(-c3nc([C@@H]4CCCN4)n(N)c3C(N)=O)cc2)c1. The molecule has 6 heterocycles. The molecule has 2 aromatic carbocycles. The predicted octanol–water partition coefficient (Wildman–Crippen LogP) is 6.48. The average molecular weight is 1010 g/mol. The number of aromatic nitrogens is 6. The number of pyridine rings is 2. The summed E-state index contributed by atoms with van der Waals surface area (Å²) in [4.78, 5) is 90.9. The van der Waals surface area contributed by atoms with Crippen LogP contribution in [0.4, 0.5) is 11.6 Å². The van der Waals surface area contributed by atoms with Gasteiger partial charge in [-0.25, -0.2) is 29.3 Å². The molecule has 0 unspecified atom stereocenters. The second-order valence-electron chi connectivity index (χ2n) is 17.7. The summed E-state index contributed by atoms with van der Waals surface area (Å²) < 4.78 is 2.43. The van der Waals surface area contributed by atoms with Gasteiger partial charge in [0.2, 0.25) is 11.1 Å². The minimum atomic E-state index is -0.747. The highest BCUT2D eigenvalue weighted by atomic mass is 35.5. The Hall–Kier alpha value is -8.49. The highest BCUT2D eigenvalue weighted by molar-refractivity contribution is 6.66. The molecular formula is C52H59ClN14O6. The van der Waals surface area contributed by atoms with Crippen molar-refractivity contribution in [3.05, 3.63) is 156 Å². The lowest BCUT2D eigenvalue weighted by Crippen LogP contribution is -2.32. The Labute approximate surface area is 427 Å². The largest absolute Gasteiger partial charge is 0.364 e. The number of hydrogen-bond acceptors (Lipinski definition) is 13. The molecule has 11 N–H and O–H groups in total. The van der Waals surface area contributed by atoms with Crippen LogP contribution in [-0.4, -0.2) is 82.1 Å². The molecule has 6 aromatic rings. The van der Waals surface area contributed by atoms with Gasteiger partial charge in [-0.3, -0.25) is 28.8 Å². The molecule has 73 heavy (non-hydrogen) atoms. The van der Waals surface area contributed by atoms with Crippen molar-refractivity contribution in [1.29, 1.82) is 0 Å². The summed E-state index contributed by atoms with van der Waals surface area (Å²) in [7, 11) is 0. The van der Waals surface area contributed by atoms with E-state index in [1.807, 2.05) is 24.3 Å². The van der Waals surface area contributed by atoms with E-state index in [2.05, 4.69) is 76.7 Å². The van der Waals surface area contributed by atoms with Crippen LogP contribution in [0.5, 0.6) is 0 Å². The van der Waals surface area contributed by atoms with E-state index in [1.165, 1.54) is 10.8 Å².